The maximum absolute atomic E-state index is 14.8. The van der Waals surface area contributed by atoms with Crippen LogP contribution in [0, 0.1) is 23.2 Å². The van der Waals surface area contributed by atoms with Crippen LogP contribution in [0.15, 0.2) is 30.3 Å². The summed E-state index contributed by atoms with van der Waals surface area (Å²) in [7, 11) is 1.64. The number of hydrogen-bond acceptors (Lipinski definition) is 11. The average Bonchev–Trinajstić information content (AvgIpc) is 3.57. The predicted molar refractivity (Wildman–Crippen MR) is 265 cm³/mol. The summed E-state index contributed by atoms with van der Waals surface area (Å²) in [5.74, 6) is -3.24. The van der Waals surface area contributed by atoms with E-state index in [1.807, 2.05) is 32.0 Å². The Hall–Kier alpha value is -4.97. The smallest absolute Gasteiger partial charge is 0.407 e. The molecule has 0 aromatic heterocycles. The summed E-state index contributed by atoms with van der Waals surface area (Å²) in [6.45, 7) is 10.3. The highest BCUT2D eigenvalue weighted by Gasteiger charge is 2.49. The maximum atomic E-state index is 14.8. The maximum Gasteiger partial charge on any atom is 0.407 e. The van der Waals surface area contributed by atoms with Crippen LogP contribution in [0.3, 0.4) is 0 Å². The van der Waals surface area contributed by atoms with Crippen LogP contribution in [0.2, 0.25) is 0 Å². The number of carbonyl (C=O) groups is 7. The van der Waals surface area contributed by atoms with E-state index in [1.54, 1.807) is 46.9 Å². The first-order chi connectivity index (χ1) is 33.8. The van der Waals surface area contributed by atoms with Gasteiger partial charge in [-0.3, -0.25) is 24.0 Å². The van der Waals surface area contributed by atoms with Gasteiger partial charge in [0.1, 0.15) is 36.4 Å². The Kier molecular flexibility index (Phi) is 20.0. The molecule has 7 atom stereocenters. The minimum Gasteiger partial charge on any atom is -0.445 e. The van der Waals surface area contributed by atoms with Gasteiger partial charge < -0.3 is 55.7 Å². The van der Waals surface area contributed by atoms with Crippen LogP contribution in [-0.2, 0) is 49.5 Å². The van der Waals surface area contributed by atoms with Gasteiger partial charge in [0.15, 0.2) is 0 Å². The largest absolute Gasteiger partial charge is 0.445 e. The zero-order valence-electron chi connectivity index (χ0n) is 43.3. The first-order valence-corrected chi connectivity index (χ1v) is 26.5. The highest BCUT2D eigenvalue weighted by Crippen LogP contribution is 2.60. The molecule has 1 spiro atoms. The lowest BCUT2D eigenvalue weighted by Gasteiger charge is -2.55. The third-order valence-corrected chi connectivity index (χ3v) is 15.2. The quantitative estimate of drug-likeness (QED) is 0.134. The summed E-state index contributed by atoms with van der Waals surface area (Å²) in [6.07, 6.45) is 11.1. The molecule has 18 heteroatoms. The van der Waals surface area contributed by atoms with Gasteiger partial charge in [0.25, 0.3) is 0 Å². The van der Waals surface area contributed by atoms with E-state index in [0.717, 1.165) is 44.1 Å². The molecule has 4 saturated carbocycles. The molecule has 1 heterocycles. The van der Waals surface area contributed by atoms with Crippen molar-refractivity contribution in [2.75, 3.05) is 26.8 Å². The molecule has 1 aromatic carbocycles. The molecule has 6 N–H and O–H groups in total. The van der Waals surface area contributed by atoms with Gasteiger partial charge in [0.05, 0.1) is 37.9 Å². The van der Waals surface area contributed by atoms with Crippen molar-refractivity contribution in [3.8, 4) is 0 Å². The Morgan fingerprint density at radius 3 is 2.13 bits per heavy atom. The van der Waals surface area contributed by atoms with Crippen LogP contribution < -0.4 is 31.9 Å². The molecule has 1 aliphatic heterocycles. The van der Waals surface area contributed by atoms with Crippen molar-refractivity contribution in [1.82, 2.24) is 36.8 Å². The lowest BCUT2D eigenvalue weighted by atomic mass is 9.51. The van der Waals surface area contributed by atoms with Crippen LogP contribution in [-0.4, -0.2) is 127 Å². The predicted octanol–water partition coefficient (Wildman–Crippen LogP) is 5.55. The van der Waals surface area contributed by atoms with Crippen molar-refractivity contribution in [1.29, 1.82) is 0 Å². The van der Waals surface area contributed by atoms with Crippen LogP contribution in [0.25, 0.3) is 0 Å². The molecule has 18 nitrogen and oxygen atoms in total. The van der Waals surface area contributed by atoms with Crippen molar-refractivity contribution in [2.24, 2.45) is 23.2 Å². The van der Waals surface area contributed by atoms with Crippen LogP contribution in [0.1, 0.15) is 150 Å². The van der Waals surface area contributed by atoms with Gasteiger partial charge in [-0.2, -0.15) is 0 Å². The molecule has 5 aliphatic rings. The van der Waals surface area contributed by atoms with Crippen LogP contribution >= 0.6 is 0 Å². The van der Waals surface area contributed by atoms with E-state index < -0.39 is 90.2 Å². The van der Waals surface area contributed by atoms with E-state index in [-0.39, 0.29) is 43.8 Å². The zero-order valence-corrected chi connectivity index (χ0v) is 43.3. The van der Waals surface area contributed by atoms with E-state index in [4.69, 9.17) is 18.9 Å². The number of amides is 7. The van der Waals surface area contributed by atoms with E-state index in [0.29, 0.717) is 56.3 Å². The summed E-state index contributed by atoms with van der Waals surface area (Å²) in [4.78, 5) is 99.9. The van der Waals surface area contributed by atoms with Gasteiger partial charge in [-0.1, -0.05) is 82.7 Å². The fourth-order valence-corrected chi connectivity index (χ4v) is 10.9. The van der Waals surface area contributed by atoms with Gasteiger partial charge in [-0.15, -0.1) is 0 Å². The Balaban J connectivity index is 1.27. The third kappa shape index (κ3) is 16.3. The van der Waals surface area contributed by atoms with E-state index in [1.165, 1.54) is 24.2 Å². The molecule has 396 valence electrons. The van der Waals surface area contributed by atoms with Crippen LogP contribution in [0.4, 0.5) is 9.59 Å². The van der Waals surface area contributed by atoms with Crippen molar-refractivity contribution in [2.45, 2.75) is 205 Å². The second-order valence-corrected chi connectivity index (χ2v) is 22.3. The van der Waals surface area contributed by atoms with Gasteiger partial charge in [0.2, 0.25) is 29.5 Å². The van der Waals surface area contributed by atoms with Gasteiger partial charge in [-0.05, 0) is 115 Å². The molecule has 71 heavy (non-hydrogen) atoms. The highest BCUT2D eigenvalue weighted by molar-refractivity contribution is 5.96. The number of likely N-dealkylation sites (N-methyl/N-ethyl adjacent to an activating group) is 1. The Labute approximate surface area is 420 Å². The van der Waals surface area contributed by atoms with Crippen molar-refractivity contribution >= 4 is 41.7 Å². The van der Waals surface area contributed by atoms with Crippen molar-refractivity contribution < 1.29 is 52.5 Å². The Morgan fingerprint density at radius 2 is 1.49 bits per heavy atom. The number of benzene rings is 1. The highest BCUT2D eigenvalue weighted by atomic mass is 16.6. The third-order valence-electron chi connectivity index (χ3n) is 15.2. The molecular formula is C53H83N7O11. The topological polar surface area (TPSA) is 232 Å². The molecule has 0 bridgehead atoms. The lowest BCUT2D eigenvalue weighted by molar-refractivity contribution is -0.148. The monoisotopic (exact) mass is 994 g/mol. The van der Waals surface area contributed by atoms with Gasteiger partial charge in [-0.25, -0.2) is 9.59 Å². The number of carbonyl (C=O) groups excluding carboxylic acids is 7. The normalized spacial score (nSPS) is 29.7. The van der Waals surface area contributed by atoms with Crippen LogP contribution in [0.5, 0.6) is 0 Å². The molecule has 6 rings (SSSR count). The minimum absolute atomic E-state index is 0.0425. The molecule has 4 aliphatic carbocycles. The van der Waals surface area contributed by atoms with Gasteiger partial charge >= 0.3 is 12.2 Å². The van der Waals surface area contributed by atoms with Crippen molar-refractivity contribution in [3.05, 3.63) is 35.9 Å². The average molecular weight is 994 g/mol. The zero-order chi connectivity index (χ0) is 51.3. The first kappa shape index (κ1) is 55.3. The van der Waals surface area contributed by atoms with Crippen molar-refractivity contribution in [3.63, 3.8) is 0 Å². The number of alkyl carbamates (subject to hydrolysis) is 2. The second kappa shape index (κ2) is 25.6. The summed E-state index contributed by atoms with van der Waals surface area (Å²) >= 11 is 0. The second-order valence-electron chi connectivity index (χ2n) is 22.3. The lowest BCUT2D eigenvalue weighted by Crippen LogP contribution is -2.62. The molecule has 1 aromatic rings. The fourth-order valence-electron chi connectivity index (χ4n) is 10.9. The molecule has 1 saturated heterocycles. The van der Waals surface area contributed by atoms with E-state index >= 15 is 0 Å². The van der Waals surface area contributed by atoms with E-state index in [2.05, 4.69) is 31.9 Å². The number of ether oxygens (including phenoxy) is 4. The Bertz CT molecular complexity index is 1960. The summed E-state index contributed by atoms with van der Waals surface area (Å²) < 4.78 is 23.6. The summed E-state index contributed by atoms with van der Waals surface area (Å²) in [5.41, 5.74) is 0.485. The summed E-state index contributed by atoms with van der Waals surface area (Å²) in [6, 6.07) is 3.59. The number of rotatable bonds is 13. The van der Waals surface area contributed by atoms with E-state index in [9.17, 15) is 33.6 Å². The Morgan fingerprint density at radius 1 is 0.831 bits per heavy atom. The first-order valence-electron chi connectivity index (χ1n) is 26.5. The molecule has 5 fully saturated rings. The molecule has 0 unspecified atom stereocenters. The molecule has 0 radical (unpaired) electrons. The number of nitrogens with one attached hydrogen (secondary N) is 6. The SMILES string of the molecule is CCC[C@H]1C(=O)N[C@@H](C2CCCCCC2)C(=O)N[C@@H](CNC(=O)OCc2ccccc2)C(=O)N[C@@H](COC2CC(NC(=O)OC(C)(C)C)C2)C(=O)N[C@H](C)CO[C@H](CC2CC3(CCC3)C2)[C@@H](C)C(=O)N1C. The summed E-state index contributed by atoms with van der Waals surface area (Å²) in [5, 5.41) is 17.1. The van der Waals surface area contributed by atoms with Gasteiger partial charge in [0, 0.05) is 19.1 Å². The minimum atomic E-state index is -1.44. The number of nitrogens with zero attached hydrogens (tertiary/aromatic N) is 1. The molecular weight excluding hydrogens is 911 g/mol. The number of hydrogen-bond donors (Lipinski definition) is 6. The fraction of sp³-hybridized carbons (Fsp3) is 0.755. The molecule has 7 amide bonds. The standard InChI is InChI=1S/C53H83N7O11/c1-8-17-42-47(63)59-44(37-20-14-9-10-15-21-37)48(64)57-40(29-54-50(66)70-31-35-18-12-11-13-19-35)45(61)58-41(32-68-39-25-38(26-39)56-51(67)71-52(4,5)6)46(62)55-33(2)30-69-43(34(3)49(65)60(42)7)24-36-27-53(28-36)22-16-23-53/h11-13,18-19,33-34,36-44H,8-10,14-17,20-32H2,1-7H3,(H,54,66)(H,55,62)(H,56,67)(H,57,64)(H,58,61)(H,59,63)/t33-,34-,38?,39?,40+,41+,42+,43-,44+/m1/s1.